The molecule has 1 unspecified atom stereocenters. The summed E-state index contributed by atoms with van der Waals surface area (Å²) in [5.74, 6) is -4.00. The number of halogens is 3. The summed E-state index contributed by atoms with van der Waals surface area (Å²) in [5, 5.41) is 33.2. The third-order valence-corrected chi connectivity index (χ3v) is 8.03. The number of oxime groups is 1. The molecule has 1 amide bonds. The van der Waals surface area contributed by atoms with Gasteiger partial charge in [-0.1, -0.05) is 10.4 Å². The first kappa shape index (κ1) is 28.5. The van der Waals surface area contributed by atoms with Crippen molar-refractivity contribution in [2.75, 3.05) is 26.8 Å². The molecular formula is C26H32F3N5O6. The number of benzene rings is 1. The highest BCUT2D eigenvalue weighted by atomic mass is 19.2. The first-order valence-electron chi connectivity index (χ1n) is 13.2. The minimum Gasteiger partial charge on any atom is -0.394 e. The van der Waals surface area contributed by atoms with E-state index in [1.807, 2.05) is 4.90 Å². The van der Waals surface area contributed by atoms with Crippen molar-refractivity contribution in [1.29, 1.82) is 0 Å². The summed E-state index contributed by atoms with van der Waals surface area (Å²) in [4.78, 5) is 19.2. The molecule has 0 bridgehead atoms. The quantitative estimate of drug-likeness (QED) is 0.485. The van der Waals surface area contributed by atoms with Crippen LogP contribution in [-0.2, 0) is 19.1 Å². The van der Waals surface area contributed by atoms with Gasteiger partial charge in [-0.3, -0.25) is 4.79 Å². The fourth-order valence-corrected chi connectivity index (χ4v) is 5.83. The van der Waals surface area contributed by atoms with Gasteiger partial charge in [0, 0.05) is 51.4 Å². The monoisotopic (exact) mass is 567 g/mol. The molecule has 3 aliphatic heterocycles. The Morgan fingerprint density at radius 1 is 1.18 bits per heavy atom. The van der Waals surface area contributed by atoms with E-state index < -0.39 is 54.5 Å². The Balaban J connectivity index is 1.30. The highest BCUT2D eigenvalue weighted by Gasteiger charge is 2.48. The van der Waals surface area contributed by atoms with Crippen LogP contribution in [-0.4, -0.2) is 99.1 Å². The van der Waals surface area contributed by atoms with Gasteiger partial charge >= 0.3 is 0 Å². The number of aromatic nitrogens is 3. The fourth-order valence-electron chi connectivity index (χ4n) is 5.83. The summed E-state index contributed by atoms with van der Waals surface area (Å²) in [6.07, 6.45) is 0.118. The van der Waals surface area contributed by atoms with Gasteiger partial charge in [0.1, 0.15) is 36.2 Å². The van der Waals surface area contributed by atoms with Gasteiger partial charge in [-0.05, 0) is 25.0 Å². The van der Waals surface area contributed by atoms with Crippen LogP contribution in [0.3, 0.4) is 0 Å². The summed E-state index contributed by atoms with van der Waals surface area (Å²) in [6, 6.07) is 0.726. The van der Waals surface area contributed by atoms with Crippen molar-refractivity contribution in [2.45, 2.75) is 69.2 Å². The summed E-state index contributed by atoms with van der Waals surface area (Å²) in [7, 11) is 1.45. The van der Waals surface area contributed by atoms with Gasteiger partial charge in [0.25, 0.3) is 0 Å². The molecule has 1 aromatic heterocycles. The Hall–Kier alpha value is -3.07. The van der Waals surface area contributed by atoms with E-state index >= 15 is 0 Å². The minimum absolute atomic E-state index is 0.0361. The molecule has 0 aliphatic carbocycles. The summed E-state index contributed by atoms with van der Waals surface area (Å²) >= 11 is 0. The second-order valence-corrected chi connectivity index (χ2v) is 10.5. The van der Waals surface area contributed by atoms with E-state index in [4.69, 9.17) is 14.3 Å². The number of aliphatic hydroxyl groups excluding tert-OH is 2. The van der Waals surface area contributed by atoms with Crippen LogP contribution in [0.5, 0.6) is 0 Å². The van der Waals surface area contributed by atoms with E-state index in [2.05, 4.69) is 15.5 Å². The lowest BCUT2D eigenvalue weighted by Gasteiger charge is -2.43. The van der Waals surface area contributed by atoms with Gasteiger partial charge in [-0.15, -0.1) is 5.10 Å². The summed E-state index contributed by atoms with van der Waals surface area (Å²) < 4.78 is 54.1. The van der Waals surface area contributed by atoms with E-state index in [1.165, 1.54) is 18.0 Å². The van der Waals surface area contributed by atoms with Gasteiger partial charge in [0.05, 0.1) is 24.6 Å². The van der Waals surface area contributed by atoms with Crippen molar-refractivity contribution in [3.05, 3.63) is 35.8 Å². The molecule has 0 saturated carbocycles. The lowest BCUT2D eigenvalue weighted by molar-refractivity contribution is -0.210. The Morgan fingerprint density at radius 3 is 2.50 bits per heavy atom. The SMILES string of the molecule is CO[C@@H]1[C@@H](n2cc(-c3cc(F)c(F)c(F)c3)nn2)[C@@H](O)[C@@H](CO)O[C@@H]1CC1=NOC(C2CCN(C(C)=O)CC2)C1. The lowest BCUT2D eigenvalue weighted by atomic mass is 9.86. The van der Waals surface area contributed by atoms with Crippen molar-refractivity contribution < 1.29 is 42.5 Å². The summed E-state index contributed by atoms with van der Waals surface area (Å²) in [6.45, 7) is 2.44. The van der Waals surface area contributed by atoms with Crippen LogP contribution in [0.1, 0.15) is 38.6 Å². The van der Waals surface area contributed by atoms with Crippen LogP contribution < -0.4 is 0 Å². The standard InChI is InChI=1S/C26H32F3N5O6/c1-13(36)33-5-3-14(4-6-33)20-9-16(31-40-20)10-21-26(38-2)24(25(37)22(12-35)39-21)34-11-19(30-32-34)15-7-17(27)23(29)18(28)8-15/h7-8,11,14,20-22,24-26,35,37H,3-6,9-10,12H2,1-2H3/t20?,21-,22-,24+,25+,26+/m1/s1. The van der Waals surface area contributed by atoms with E-state index in [0.717, 1.165) is 30.7 Å². The van der Waals surface area contributed by atoms with E-state index in [9.17, 15) is 28.2 Å². The molecule has 0 radical (unpaired) electrons. The zero-order valence-corrected chi connectivity index (χ0v) is 22.1. The number of hydrogen-bond donors (Lipinski definition) is 2. The molecule has 3 aliphatic rings. The lowest BCUT2D eigenvalue weighted by Crippen LogP contribution is -2.57. The second-order valence-electron chi connectivity index (χ2n) is 10.5. The maximum Gasteiger partial charge on any atom is 0.219 e. The minimum atomic E-state index is -1.59. The topological polar surface area (TPSA) is 132 Å². The number of hydrogen-bond acceptors (Lipinski definition) is 9. The number of carbonyl (C=O) groups excluding carboxylic acids is 1. The van der Waals surface area contributed by atoms with Crippen LogP contribution in [0.15, 0.2) is 23.5 Å². The van der Waals surface area contributed by atoms with E-state index in [1.54, 1.807) is 6.92 Å². The number of ether oxygens (including phenoxy) is 2. The Bertz CT molecular complexity index is 1230. The third kappa shape index (κ3) is 5.57. The third-order valence-electron chi connectivity index (χ3n) is 8.03. The highest BCUT2D eigenvalue weighted by molar-refractivity contribution is 5.86. The van der Waals surface area contributed by atoms with Gasteiger partial charge in [0.2, 0.25) is 5.91 Å². The Kier molecular flexibility index (Phi) is 8.40. The van der Waals surface area contributed by atoms with Gasteiger partial charge < -0.3 is 29.4 Å². The summed E-state index contributed by atoms with van der Waals surface area (Å²) in [5.41, 5.74) is 0.760. The average molecular weight is 568 g/mol. The second kappa shape index (κ2) is 11.8. The van der Waals surface area contributed by atoms with Crippen molar-refractivity contribution >= 4 is 11.6 Å². The van der Waals surface area contributed by atoms with Crippen molar-refractivity contribution in [3.8, 4) is 11.3 Å². The number of aliphatic hydroxyl groups is 2. The molecule has 2 N–H and O–H groups in total. The predicted octanol–water partition coefficient (Wildman–Crippen LogP) is 1.83. The largest absolute Gasteiger partial charge is 0.394 e. The smallest absolute Gasteiger partial charge is 0.219 e. The fraction of sp³-hybridized carbons (Fsp3) is 0.615. The van der Waals surface area contributed by atoms with Crippen LogP contribution >= 0.6 is 0 Å². The molecule has 40 heavy (non-hydrogen) atoms. The van der Waals surface area contributed by atoms with Crippen molar-refractivity contribution in [1.82, 2.24) is 19.9 Å². The van der Waals surface area contributed by atoms with E-state index in [-0.39, 0.29) is 29.2 Å². The number of piperidine rings is 1. The van der Waals surface area contributed by atoms with Gasteiger partial charge in [-0.2, -0.15) is 0 Å². The Labute approximate surface area is 228 Å². The molecule has 4 heterocycles. The van der Waals surface area contributed by atoms with E-state index in [0.29, 0.717) is 25.9 Å². The zero-order valence-electron chi connectivity index (χ0n) is 22.1. The molecule has 14 heteroatoms. The molecule has 2 aromatic rings. The molecule has 6 atom stereocenters. The Morgan fingerprint density at radius 2 is 1.88 bits per heavy atom. The van der Waals surface area contributed by atoms with Crippen molar-refractivity contribution in [2.24, 2.45) is 11.1 Å². The number of likely N-dealkylation sites (tertiary alicyclic amines) is 1. The maximum absolute atomic E-state index is 13.8. The first-order chi connectivity index (χ1) is 19.2. The predicted molar refractivity (Wildman–Crippen MR) is 133 cm³/mol. The van der Waals surface area contributed by atoms with Crippen LogP contribution in [0.25, 0.3) is 11.3 Å². The van der Waals surface area contributed by atoms with Crippen LogP contribution in [0.2, 0.25) is 0 Å². The van der Waals surface area contributed by atoms with Gasteiger partial charge in [0.15, 0.2) is 17.5 Å². The van der Waals surface area contributed by atoms with Crippen LogP contribution in [0.4, 0.5) is 13.2 Å². The number of methoxy groups -OCH3 is 1. The molecule has 11 nitrogen and oxygen atoms in total. The van der Waals surface area contributed by atoms with Gasteiger partial charge in [-0.25, -0.2) is 17.9 Å². The average Bonchev–Trinajstić information content (AvgIpc) is 3.62. The molecular weight excluding hydrogens is 535 g/mol. The molecule has 2 saturated heterocycles. The van der Waals surface area contributed by atoms with Crippen LogP contribution in [0, 0.1) is 23.4 Å². The number of carbonyl (C=O) groups is 1. The first-order valence-corrected chi connectivity index (χ1v) is 13.2. The molecule has 218 valence electrons. The van der Waals surface area contributed by atoms with Crippen molar-refractivity contribution in [3.63, 3.8) is 0 Å². The number of nitrogens with zero attached hydrogens (tertiary/aromatic N) is 5. The number of amides is 1. The maximum atomic E-state index is 13.8. The number of rotatable bonds is 7. The zero-order chi connectivity index (χ0) is 28.6. The molecule has 5 rings (SSSR count). The highest BCUT2D eigenvalue weighted by Crippen LogP contribution is 2.36. The molecule has 2 fully saturated rings. The molecule has 1 aromatic carbocycles. The normalized spacial score (nSPS) is 29.4. The molecule has 0 spiro atoms.